The molecule has 3 amide bonds. The number of hydrogen-bond donors (Lipinski definition) is 0. The fourth-order valence-electron chi connectivity index (χ4n) is 4.09. The van der Waals surface area contributed by atoms with Crippen LogP contribution in [-0.2, 0) is 26.0 Å². The van der Waals surface area contributed by atoms with Crippen molar-refractivity contribution in [3.05, 3.63) is 35.4 Å². The minimum absolute atomic E-state index is 0.0713. The minimum Gasteiger partial charge on any atom is -0.343 e. The Balaban J connectivity index is 2.02. The van der Waals surface area contributed by atoms with Crippen LogP contribution in [0.3, 0.4) is 0 Å². The van der Waals surface area contributed by atoms with Crippen LogP contribution in [0.15, 0.2) is 24.3 Å². The van der Waals surface area contributed by atoms with Crippen LogP contribution in [0.2, 0.25) is 0 Å². The van der Waals surface area contributed by atoms with E-state index >= 15 is 0 Å². The molecule has 1 aromatic carbocycles. The lowest BCUT2D eigenvalue weighted by atomic mass is 9.75. The number of nitrogens with zero attached hydrogens (tertiary/aromatic N) is 2. The number of carbonyl (C=O) groups is 3. The average molecular weight is 396 g/mol. The number of carbonyl (C=O) groups excluding carboxylic acids is 3. The zero-order valence-electron chi connectivity index (χ0n) is 15.7. The molecule has 5 nitrogen and oxygen atoms in total. The number of hydrogen-bond acceptors (Lipinski definition) is 3. The van der Waals surface area contributed by atoms with Gasteiger partial charge in [-0.1, -0.05) is 18.2 Å². The molecule has 0 unspecified atom stereocenters. The lowest BCUT2D eigenvalue weighted by Crippen LogP contribution is -2.44. The van der Waals surface area contributed by atoms with Gasteiger partial charge in [-0.25, -0.2) is 0 Å². The first-order valence-corrected chi connectivity index (χ1v) is 9.49. The van der Waals surface area contributed by atoms with Crippen LogP contribution in [0.4, 0.5) is 13.2 Å². The van der Waals surface area contributed by atoms with Crippen molar-refractivity contribution >= 4 is 17.7 Å². The van der Waals surface area contributed by atoms with Gasteiger partial charge in [0.2, 0.25) is 17.7 Å². The third-order valence-electron chi connectivity index (χ3n) is 5.63. The molecule has 2 heterocycles. The van der Waals surface area contributed by atoms with Crippen LogP contribution in [0.5, 0.6) is 0 Å². The molecule has 0 aliphatic carbocycles. The molecule has 2 fully saturated rings. The second kappa shape index (κ2) is 7.56. The summed E-state index contributed by atoms with van der Waals surface area (Å²) >= 11 is 0. The summed E-state index contributed by atoms with van der Waals surface area (Å²) in [5, 5.41) is 0. The molecular formula is C20H23F3N2O3. The SMILES string of the molecule is CCN1C(=O)C[C@@](CC(=O)N2CCCCC2)(c2cccc(C(F)(F)F)c2)C1=O. The number of alkyl halides is 3. The van der Waals surface area contributed by atoms with Gasteiger partial charge < -0.3 is 4.90 Å². The Kier molecular flexibility index (Phi) is 5.50. The van der Waals surface area contributed by atoms with E-state index in [4.69, 9.17) is 0 Å². The molecule has 3 rings (SSSR count). The van der Waals surface area contributed by atoms with Crippen molar-refractivity contribution in [2.24, 2.45) is 0 Å². The van der Waals surface area contributed by atoms with Gasteiger partial charge in [-0.3, -0.25) is 19.3 Å². The zero-order valence-corrected chi connectivity index (χ0v) is 15.7. The Morgan fingerprint density at radius 2 is 1.82 bits per heavy atom. The first kappa shape index (κ1) is 20.4. The van der Waals surface area contributed by atoms with E-state index in [1.165, 1.54) is 12.1 Å². The van der Waals surface area contributed by atoms with Gasteiger partial charge in [0.15, 0.2) is 0 Å². The molecule has 0 radical (unpaired) electrons. The number of amides is 3. The summed E-state index contributed by atoms with van der Waals surface area (Å²) in [5.74, 6) is -1.35. The predicted octanol–water partition coefficient (Wildman–Crippen LogP) is 3.12. The van der Waals surface area contributed by atoms with Gasteiger partial charge in [-0.2, -0.15) is 13.2 Å². The molecule has 0 N–H and O–H groups in total. The first-order chi connectivity index (χ1) is 13.2. The highest BCUT2D eigenvalue weighted by Gasteiger charge is 2.54. The second-order valence-corrected chi connectivity index (χ2v) is 7.40. The maximum atomic E-state index is 13.2. The minimum atomic E-state index is -4.58. The molecule has 2 aliphatic rings. The largest absolute Gasteiger partial charge is 0.416 e. The number of likely N-dealkylation sites (N-methyl/N-ethyl adjacent to an activating group) is 1. The third-order valence-corrected chi connectivity index (χ3v) is 5.63. The first-order valence-electron chi connectivity index (χ1n) is 9.49. The summed E-state index contributed by atoms with van der Waals surface area (Å²) in [7, 11) is 0. The molecule has 1 aromatic rings. The Morgan fingerprint density at radius 1 is 1.14 bits per heavy atom. The van der Waals surface area contributed by atoms with Gasteiger partial charge in [0, 0.05) is 32.5 Å². The van der Waals surface area contributed by atoms with E-state index in [9.17, 15) is 27.6 Å². The highest BCUT2D eigenvalue weighted by atomic mass is 19.4. The van der Waals surface area contributed by atoms with Gasteiger partial charge in [0.25, 0.3) is 0 Å². The molecule has 0 spiro atoms. The van der Waals surface area contributed by atoms with Gasteiger partial charge in [0.1, 0.15) is 0 Å². The van der Waals surface area contributed by atoms with Crippen molar-refractivity contribution in [1.29, 1.82) is 0 Å². The molecule has 1 atom stereocenters. The second-order valence-electron chi connectivity index (χ2n) is 7.40. The smallest absolute Gasteiger partial charge is 0.343 e. The Bertz CT molecular complexity index is 787. The van der Waals surface area contributed by atoms with Crippen molar-refractivity contribution in [3.63, 3.8) is 0 Å². The van der Waals surface area contributed by atoms with E-state index < -0.39 is 29.0 Å². The van der Waals surface area contributed by atoms with Gasteiger partial charge in [-0.05, 0) is 37.8 Å². The molecular weight excluding hydrogens is 373 g/mol. The number of halogens is 3. The van der Waals surface area contributed by atoms with Gasteiger partial charge in [-0.15, -0.1) is 0 Å². The van der Waals surface area contributed by atoms with Crippen molar-refractivity contribution in [2.75, 3.05) is 19.6 Å². The Hall–Kier alpha value is -2.38. The van der Waals surface area contributed by atoms with Crippen LogP contribution in [0.1, 0.15) is 50.2 Å². The maximum Gasteiger partial charge on any atom is 0.416 e. The quantitative estimate of drug-likeness (QED) is 0.735. The van der Waals surface area contributed by atoms with Crippen LogP contribution in [0, 0.1) is 0 Å². The van der Waals surface area contributed by atoms with Gasteiger partial charge in [0.05, 0.1) is 11.0 Å². The summed E-state index contributed by atoms with van der Waals surface area (Å²) in [4.78, 5) is 41.1. The molecule has 2 saturated heterocycles. The molecule has 0 bridgehead atoms. The number of imide groups is 1. The number of piperidine rings is 1. The highest BCUT2D eigenvalue weighted by Crippen LogP contribution is 2.42. The van der Waals surface area contributed by atoms with Crippen molar-refractivity contribution in [1.82, 2.24) is 9.80 Å². The van der Waals surface area contributed by atoms with Crippen LogP contribution in [0.25, 0.3) is 0 Å². The van der Waals surface area contributed by atoms with Crippen molar-refractivity contribution in [3.8, 4) is 0 Å². The predicted molar refractivity (Wildman–Crippen MR) is 95.2 cm³/mol. The van der Waals surface area contributed by atoms with Crippen molar-refractivity contribution in [2.45, 2.75) is 50.6 Å². The molecule has 28 heavy (non-hydrogen) atoms. The highest BCUT2D eigenvalue weighted by molar-refractivity contribution is 6.10. The van der Waals surface area contributed by atoms with Crippen LogP contribution in [-0.4, -0.2) is 47.2 Å². The Labute approximate surface area is 161 Å². The summed E-state index contributed by atoms with van der Waals surface area (Å²) in [6, 6.07) is 4.44. The van der Waals surface area contributed by atoms with Gasteiger partial charge >= 0.3 is 6.18 Å². The lowest BCUT2D eigenvalue weighted by molar-refractivity contribution is -0.143. The fraction of sp³-hybridized carbons (Fsp3) is 0.550. The van der Waals surface area contributed by atoms with E-state index in [2.05, 4.69) is 0 Å². The zero-order chi connectivity index (χ0) is 20.5. The van der Waals surface area contributed by atoms with Crippen LogP contribution < -0.4 is 0 Å². The monoisotopic (exact) mass is 396 g/mol. The van der Waals surface area contributed by atoms with E-state index in [-0.39, 0.29) is 30.9 Å². The van der Waals surface area contributed by atoms with E-state index in [1.807, 2.05) is 0 Å². The maximum absolute atomic E-state index is 13.2. The lowest BCUT2D eigenvalue weighted by Gasteiger charge is -2.32. The number of rotatable bonds is 4. The normalized spacial score (nSPS) is 23.4. The molecule has 0 saturated carbocycles. The summed E-state index contributed by atoms with van der Waals surface area (Å²) in [6.45, 7) is 2.88. The molecule has 8 heteroatoms. The summed E-state index contributed by atoms with van der Waals surface area (Å²) in [6.07, 6.45) is -2.43. The summed E-state index contributed by atoms with van der Waals surface area (Å²) in [5.41, 5.74) is -2.41. The average Bonchev–Trinajstić information content (AvgIpc) is 2.92. The Morgan fingerprint density at radius 3 is 2.39 bits per heavy atom. The van der Waals surface area contributed by atoms with E-state index in [0.717, 1.165) is 36.3 Å². The van der Waals surface area contributed by atoms with Crippen molar-refractivity contribution < 1.29 is 27.6 Å². The van der Waals surface area contributed by atoms with E-state index in [1.54, 1.807) is 11.8 Å². The van der Waals surface area contributed by atoms with Crippen LogP contribution >= 0.6 is 0 Å². The third kappa shape index (κ3) is 3.64. The standard InChI is InChI=1S/C20H23F3N2O3/c1-2-25-17(27)13-19(18(25)28,12-16(26)24-9-4-3-5-10-24)14-7-6-8-15(11-14)20(21,22)23/h6-8,11H,2-5,9-10,12-13H2,1H3/t19-/m0/s1. The fourth-order valence-corrected chi connectivity index (χ4v) is 4.09. The summed E-state index contributed by atoms with van der Waals surface area (Å²) < 4.78 is 39.6. The number of likely N-dealkylation sites (tertiary alicyclic amines) is 2. The molecule has 0 aromatic heterocycles. The molecule has 152 valence electrons. The topological polar surface area (TPSA) is 57.7 Å². The number of benzene rings is 1. The molecule has 2 aliphatic heterocycles. The van der Waals surface area contributed by atoms with E-state index in [0.29, 0.717) is 13.1 Å².